The number of anilines is 1. The molecule has 8 nitrogen and oxygen atoms in total. The maximum absolute atomic E-state index is 12.4. The number of halogens is 1. The third kappa shape index (κ3) is 4.59. The number of aromatic nitrogens is 2. The fourth-order valence-corrected chi connectivity index (χ4v) is 2.88. The molecule has 0 bridgehead atoms. The second-order valence-electron chi connectivity index (χ2n) is 6.22. The lowest BCUT2D eigenvalue weighted by Crippen LogP contribution is -2.43. The van der Waals surface area contributed by atoms with Crippen molar-refractivity contribution in [1.29, 1.82) is 5.26 Å². The molecule has 152 valence electrons. The summed E-state index contributed by atoms with van der Waals surface area (Å²) in [4.78, 5) is 36.9. The van der Waals surface area contributed by atoms with Crippen molar-refractivity contribution in [2.24, 2.45) is 0 Å². The molecule has 0 saturated carbocycles. The van der Waals surface area contributed by atoms with E-state index < -0.39 is 23.7 Å². The van der Waals surface area contributed by atoms with Gasteiger partial charge in [0.15, 0.2) is 0 Å². The van der Waals surface area contributed by atoms with E-state index in [0.29, 0.717) is 22.2 Å². The predicted octanol–water partition coefficient (Wildman–Crippen LogP) is 2.99. The van der Waals surface area contributed by atoms with Crippen LogP contribution in [0.3, 0.4) is 0 Å². The number of benzene rings is 2. The molecule has 0 atom stereocenters. The van der Waals surface area contributed by atoms with E-state index >= 15 is 0 Å². The van der Waals surface area contributed by atoms with Crippen molar-refractivity contribution >= 4 is 23.2 Å². The van der Waals surface area contributed by atoms with E-state index in [1.165, 1.54) is 10.8 Å². The maximum atomic E-state index is 12.4. The molecular weight excluding hydrogens is 408 g/mol. The van der Waals surface area contributed by atoms with Gasteiger partial charge in [-0.1, -0.05) is 23.7 Å². The minimum absolute atomic E-state index is 0.203. The summed E-state index contributed by atoms with van der Waals surface area (Å²) in [5.41, 5.74) is -1.21. The molecule has 3 rings (SSSR count). The Kier molecular flexibility index (Phi) is 6.35. The maximum Gasteiger partial charge on any atom is 0.331 e. The SMILES string of the molecule is CCn1cc(C#N)c(=O)n(CC(=O)Nc2ccc(Oc3ccccc3Cl)cc2)c1=O. The van der Waals surface area contributed by atoms with Crippen LogP contribution in [0.15, 0.2) is 64.3 Å². The Bertz CT molecular complexity index is 1240. The molecule has 0 radical (unpaired) electrons. The number of nitrogens with one attached hydrogen (secondary N) is 1. The summed E-state index contributed by atoms with van der Waals surface area (Å²) in [6, 6.07) is 15.3. The summed E-state index contributed by atoms with van der Waals surface area (Å²) >= 11 is 6.06. The van der Waals surface area contributed by atoms with Crippen LogP contribution in [0.2, 0.25) is 5.02 Å². The molecule has 0 fully saturated rings. The van der Waals surface area contributed by atoms with Crippen LogP contribution in [0.25, 0.3) is 0 Å². The molecule has 30 heavy (non-hydrogen) atoms. The average Bonchev–Trinajstić information content (AvgIpc) is 2.74. The lowest BCUT2D eigenvalue weighted by Gasteiger charge is -2.11. The second kappa shape index (κ2) is 9.11. The number of amides is 1. The fraction of sp³-hybridized carbons (Fsp3) is 0.143. The van der Waals surface area contributed by atoms with Gasteiger partial charge < -0.3 is 10.1 Å². The highest BCUT2D eigenvalue weighted by Crippen LogP contribution is 2.29. The van der Waals surface area contributed by atoms with Gasteiger partial charge >= 0.3 is 5.69 Å². The number of carbonyl (C=O) groups is 1. The summed E-state index contributed by atoms with van der Waals surface area (Å²) in [5.74, 6) is 0.441. The molecule has 0 saturated heterocycles. The van der Waals surface area contributed by atoms with Crippen molar-refractivity contribution in [2.45, 2.75) is 20.0 Å². The summed E-state index contributed by atoms with van der Waals surface area (Å²) in [6.45, 7) is 1.46. The van der Waals surface area contributed by atoms with E-state index in [9.17, 15) is 14.4 Å². The lowest BCUT2D eigenvalue weighted by atomic mass is 10.3. The van der Waals surface area contributed by atoms with Crippen molar-refractivity contribution in [3.05, 3.63) is 86.2 Å². The van der Waals surface area contributed by atoms with E-state index in [0.717, 1.165) is 4.57 Å². The Morgan fingerprint density at radius 2 is 1.87 bits per heavy atom. The minimum atomic E-state index is -0.800. The monoisotopic (exact) mass is 424 g/mol. The molecule has 0 unspecified atom stereocenters. The van der Waals surface area contributed by atoms with Gasteiger partial charge in [-0.05, 0) is 43.3 Å². The van der Waals surface area contributed by atoms with Crippen LogP contribution in [0.1, 0.15) is 12.5 Å². The first-order valence-electron chi connectivity index (χ1n) is 8.99. The number of carbonyl (C=O) groups excluding carboxylic acids is 1. The fourth-order valence-electron chi connectivity index (χ4n) is 2.70. The van der Waals surface area contributed by atoms with Gasteiger partial charge in [0.2, 0.25) is 5.91 Å². The van der Waals surface area contributed by atoms with E-state index in [-0.39, 0.29) is 12.1 Å². The number of hydrogen-bond acceptors (Lipinski definition) is 5. The van der Waals surface area contributed by atoms with E-state index in [2.05, 4.69) is 5.32 Å². The van der Waals surface area contributed by atoms with Gasteiger partial charge in [0, 0.05) is 18.4 Å². The van der Waals surface area contributed by atoms with Crippen LogP contribution in [-0.4, -0.2) is 15.0 Å². The molecule has 1 heterocycles. The smallest absolute Gasteiger partial charge is 0.331 e. The minimum Gasteiger partial charge on any atom is -0.456 e. The summed E-state index contributed by atoms with van der Waals surface area (Å²) < 4.78 is 7.63. The molecule has 2 aromatic carbocycles. The summed E-state index contributed by atoms with van der Waals surface area (Å²) in [5, 5.41) is 12.2. The van der Waals surface area contributed by atoms with Crippen LogP contribution >= 0.6 is 11.6 Å². The Hall–Kier alpha value is -3.83. The van der Waals surface area contributed by atoms with Gasteiger partial charge in [-0.15, -0.1) is 0 Å². The van der Waals surface area contributed by atoms with Crippen molar-refractivity contribution in [3.63, 3.8) is 0 Å². The Labute approximate surface area is 176 Å². The van der Waals surface area contributed by atoms with Crippen molar-refractivity contribution in [1.82, 2.24) is 9.13 Å². The zero-order chi connectivity index (χ0) is 21.7. The number of ether oxygens (including phenoxy) is 1. The zero-order valence-corrected chi connectivity index (χ0v) is 16.7. The number of nitrogens with zero attached hydrogens (tertiary/aromatic N) is 3. The Morgan fingerprint density at radius 1 is 1.17 bits per heavy atom. The number of hydrogen-bond donors (Lipinski definition) is 1. The van der Waals surface area contributed by atoms with Crippen LogP contribution in [-0.2, 0) is 17.9 Å². The quantitative estimate of drug-likeness (QED) is 0.654. The molecule has 0 aliphatic carbocycles. The molecule has 0 aliphatic heterocycles. The number of rotatable bonds is 6. The van der Waals surface area contributed by atoms with E-state index in [1.54, 1.807) is 61.5 Å². The van der Waals surface area contributed by atoms with E-state index in [1.807, 2.05) is 0 Å². The predicted molar refractivity (Wildman–Crippen MR) is 112 cm³/mol. The molecule has 1 N–H and O–H groups in total. The molecule has 0 aliphatic rings. The van der Waals surface area contributed by atoms with Gasteiger partial charge in [0.05, 0.1) is 5.02 Å². The number of para-hydroxylation sites is 1. The second-order valence-corrected chi connectivity index (χ2v) is 6.63. The van der Waals surface area contributed by atoms with Crippen LogP contribution < -0.4 is 21.3 Å². The van der Waals surface area contributed by atoms with Crippen molar-refractivity contribution in [3.8, 4) is 17.6 Å². The zero-order valence-electron chi connectivity index (χ0n) is 16.0. The van der Waals surface area contributed by atoms with Gasteiger partial charge in [-0.25, -0.2) is 9.36 Å². The van der Waals surface area contributed by atoms with Crippen LogP contribution in [0.4, 0.5) is 5.69 Å². The van der Waals surface area contributed by atoms with Gasteiger partial charge in [-0.2, -0.15) is 5.26 Å². The average molecular weight is 425 g/mol. The topological polar surface area (TPSA) is 106 Å². The highest BCUT2D eigenvalue weighted by molar-refractivity contribution is 6.32. The molecular formula is C21H17ClN4O4. The third-order valence-corrected chi connectivity index (χ3v) is 4.51. The lowest BCUT2D eigenvalue weighted by molar-refractivity contribution is -0.116. The Balaban J connectivity index is 1.73. The number of aryl methyl sites for hydroxylation is 1. The highest BCUT2D eigenvalue weighted by atomic mass is 35.5. The summed E-state index contributed by atoms with van der Waals surface area (Å²) in [7, 11) is 0. The summed E-state index contributed by atoms with van der Waals surface area (Å²) in [6.07, 6.45) is 1.19. The van der Waals surface area contributed by atoms with Gasteiger partial charge in [0.25, 0.3) is 5.56 Å². The first kappa shape index (κ1) is 20.9. The van der Waals surface area contributed by atoms with Crippen molar-refractivity contribution < 1.29 is 9.53 Å². The standard InChI is InChI=1S/C21H17ClN4O4/c1-2-25-12-14(11-23)20(28)26(21(25)29)13-19(27)24-15-7-9-16(10-8-15)30-18-6-4-3-5-17(18)22/h3-10,12H,2,13H2,1H3,(H,24,27). The molecule has 9 heteroatoms. The Morgan fingerprint density at radius 3 is 2.50 bits per heavy atom. The first-order valence-corrected chi connectivity index (χ1v) is 9.37. The molecule has 3 aromatic rings. The normalized spacial score (nSPS) is 10.3. The van der Waals surface area contributed by atoms with E-state index in [4.69, 9.17) is 21.6 Å². The third-order valence-electron chi connectivity index (χ3n) is 4.20. The molecule has 1 aromatic heterocycles. The molecule has 1 amide bonds. The molecule has 0 spiro atoms. The van der Waals surface area contributed by atoms with Crippen LogP contribution in [0, 0.1) is 11.3 Å². The van der Waals surface area contributed by atoms with Gasteiger partial charge in [-0.3, -0.25) is 14.2 Å². The van der Waals surface area contributed by atoms with Crippen LogP contribution in [0.5, 0.6) is 11.5 Å². The number of nitriles is 1. The van der Waals surface area contributed by atoms with Crippen molar-refractivity contribution in [2.75, 3.05) is 5.32 Å². The highest BCUT2D eigenvalue weighted by Gasteiger charge is 2.14. The van der Waals surface area contributed by atoms with Gasteiger partial charge in [0.1, 0.15) is 29.7 Å². The largest absolute Gasteiger partial charge is 0.456 e. The first-order chi connectivity index (χ1) is 14.4.